The Bertz CT molecular complexity index is 906. The summed E-state index contributed by atoms with van der Waals surface area (Å²) in [6, 6.07) is 7.94. The molecule has 168 valence electrons. The molecule has 0 aliphatic carbocycles. The van der Waals surface area contributed by atoms with Gasteiger partial charge in [-0.3, -0.25) is 9.59 Å². The topological polar surface area (TPSA) is 58.6 Å². The van der Waals surface area contributed by atoms with Gasteiger partial charge in [-0.05, 0) is 62.6 Å². The zero-order valence-corrected chi connectivity index (χ0v) is 20.4. The van der Waals surface area contributed by atoms with E-state index in [1.54, 1.807) is 37.3 Å². The van der Waals surface area contributed by atoms with Gasteiger partial charge < -0.3 is 15.0 Å². The highest BCUT2D eigenvalue weighted by Gasteiger charge is 2.27. The van der Waals surface area contributed by atoms with Crippen LogP contribution in [-0.4, -0.2) is 35.9 Å². The first-order chi connectivity index (χ1) is 14.6. The molecule has 0 heterocycles. The molecule has 0 aliphatic rings. The van der Waals surface area contributed by atoms with Crippen LogP contribution in [0, 0.1) is 13.8 Å². The first kappa shape index (κ1) is 25.3. The van der Waals surface area contributed by atoms with Crippen LogP contribution in [0.1, 0.15) is 37.0 Å². The van der Waals surface area contributed by atoms with E-state index in [0.717, 1.165) is 17.5 Å². The van der Waals surface area contributed by atoms with E-state index in [2.05, 4.69) is 5.32 Å². The molecule has 2 amide bonds. The highest BCUT2D eigenvalue weighted by atomic mass is 35.5. The van der Waals surface area contributed by atoms with Crippen molar-refractivity contribution in [2.75, 3.05) is 13.2 Å². The molecule has 2 aromatic rings. The quantitative estimate of drug-likeness (QED) is 0.504. The molecule has 0 saturated carbocycles. The summed E-state index contributed by atoms with van der Waals surface area (Å²) in [5.74, 6) is -0.0801. The van der Waals surface area contributed by atoms with Gasteiger partial charge in [-0.25, -0.2) is 0 Å². The fraction of sp³-hybridized carbons (Fsp3) is 0.391. The van der Waals surface area contributed by atoms with Crippen molar-refractivity contribution in [3.8, 4) is 5.75 Å². The van der Waals surface area contributed by atoms with Crippen LogP contribution in [0.4, 0.5) is 0 Å². The molecule has 0 radical (unpaired) electrons. The lowest BCUT2D eigenvalue weighted by atomic mass is 10.1. The third kappa shape index (κ3) is 6.76. The molecule has 0 spiro atoms. The molecule has 2 rings (SSSR count). The van der Waals surface area contributed by atoms with Crippen molar-refractivity contribution in [2.24, 2.45) is 0 Å². The van der Waals surface area contributed by atoms with E-state index in [1.165, 1.54) is 4.90 Å². The number of carbonyl (C=O) groups is 2. The van der Waals surface area contributed by atoms with Gasteiger partial charge in [0.25, 0.3) is 5.91 Å². The number of hydrogen-bond acceptors (Lipinski definition) is 3. The molecule has 8 heteroatoms. The zero-order chi connectivity index (χ0) is 23.1. The van der Waals surface area contributed by atoms with Gasteiger partial charge in [0.15, 0.2) is 6.61 Å². The number of hydrogen-bond donors (Lipinski definition) is 1. The third-order valence-electron chi connectivity index (χ3n) is 4.88. The number of amides is 2. The minimum Gasteiger partial charge on any atom is -0.484 e. The summed E-state index contributed by atoms with van der Waals surface area (Å²) in [4.78, 5) is 27.1. The van der Waals surface area contributed by atoms with Crippen molar-refractivity contribution in [1.82, 2.24) is 10.2 Å². The number of aryl methyl sites for hydroxylation is 2. The average Bonchev–Trinajstić information content (AvgIpc) is 2.73. The second kappa shape index (κ2) is 11.6. The second-order valence-corrected chi connectivity index (χ2v) is 8.54. The number of ether oxygens (including phenoxy) is 1. The maximum absolute atomic E-state index is 13.1. The lowest BCUT2D eigenvalue weighted by Gasteiger charge is -2.29. The fourth-order valence-electron chi connectivity index (χ4n) is 3.05. The fourth-order valence-corrected chi connectivity index (χ4v) is 3.68. The number of benzene rings is 2. The molecule has 5 nitrogen and oxygen atoms in total. The minimum absolute atomic E-state index is 0.0834. The first-order valence-corrected chi connectivity index (χ1v) is 11.2. The van der Waals surface area contributed by atoms with E-state index in [0.29, 0.717) is 32.9 Å². The number of nitrogens with zero attached hydrogens (tertiary/aromatic N) is 1. The monoisotopic (exact) mass is 484 g/mol. The van der Waals surface area contributed by atoms with Gasteiger partial charge in [-0.15, -0.1) is 0 Å². The maximum atomic E-state index is 13.1. The molecule has 0 bridgehead atoms. The average molecular weight is 486 g/mol. The van der Waals surface area contributed by atoms with E-state index in [1.807, 2.05) is 20.8 Å². The zero-order valence-electron chi connectivity index (χ0n) is 18.1. The molecule has 0 saturated heterocycles. The summed E-state index contributed by atoms with van der Waals surface area (Å²) in [5, 5.41) is 4.34. The molecule has 0 aliphatic heterocycles. The molecule has 1 N–H and O–H groups in total. The van der Waals surface area contributed by atoms with Crippen LogP contribution < -0.4 is 10.1 Å². The molecular formula is C23H27Cl3N2O3. The third-order valence-corrected chi connectivity index (χ3v) is 6.18. The van der Waals surface area contributed by atoms with Gasteiger partial charge in [0, 0.05) is 33.7 Å². The molecule has 0 aromatic heterocycles. The van der Waals surface area contributed by atoms with E-state index in [9.17, 15) is 9.59 Å². The van der Waals surface area contributed by atoms with Crippen LogP contribution in [-0.2, 0) is 16.1 Å². The summed E-state index contributed by atoms with van der Waals surface area (Å²) in [5.41, 5.74) is 2.29. The van der Waals surface area contributed by atoms with Crippen LogP contribution in [0.25, 0.3) is 0 Å². The van der Waals surface area contributed by atoms with E-state index in [-0.39, 0.29) is 25.0 Å². The SMILES string of the molecule is CCCNC(=O)C(C)N(Cc1c(Cl)cccc1Cl)C(=O)COc1cc(C)c(Cl)c(C)c1. The molecular weight excluding hydrogens is 459 g/mol. The Balaban J connectivity index is 2.24. The molecule has 1 unspecified atom stereocenters. The van der Waals surface area contributed by atoms with Crippen LogP contribution in [0.5, 0.6) is 5.75 Å². The van der Waals surface area contributed by atoms with Crippen LogP contribution >= 0.6 is 34.8 Å². The molecule has 2 aromatic carbocycles. The number of carbonyl (C=O) groups excluding carboxylic acids is 2. The Morgan fingerprint density at radius 3 is 2.23 bits per heavy atom. The van der Waals surface area contributed by atoms with Crippen molar-refractivity contribution in [1.29, 1.82) is 0 Å². The van der Waals surface area contributed by atoms with Gasteiger partial charge >= 0.3 is 0 Å². The summed E-state index contributed by atoms with van der Waals surface area (Å²) >= 11 is 18.8. The predicted octanol–water partition coefficient (Wildman–Crippen LogP) is 5.59. The summed E-state index contributed by atoms with van der Waals surface area (Å²) in [6.07, 6.45) is 0.793. The number of halogens is 3. The van der Waals surface area contributed by atoms with Gasteiger partial charge in [0.1, 0.15) is 11.8 Å². The Kier molecular flexibility index (Phi) is 9.48. The second-order valence-electron chi connectivity index (χ2n) is 7.35. The smallest absolute Gasteiger partial charge is 0.261 e. The van der Waals surface area contributed by atoms with E-state index in [4.69, 9.17) is 39.5 Å². The minimum atomic E-state index is -0.733. The summed E-state index contributed by atoms with van der Waals surface area (Å²) < 4.78 is 5.73. The normalized spacial score (nSPS) is 11.7. The Morgan fingerprint density at radius 2 is 1.68 bits per heavy atom. The van der Waals surface area contributed by atoms with Crippen molar-refractivity contribution in [3.05, 3.63) is 62.1 Å². The highest BCUT2D eigenvalue weighted by Crippen LogP contribution is 2.28. The van der Waals surface area contributed by atoms with Crippen molar-refractivity contribution in [2.45, 2.75) is 46.7 Å². The molecule has 31 heavy (non-hydrogen) atoms. The highest BCUT2D eigenvalue weighted by molar-refractivity contribution is 6.36. The summed E-state index contributed by atoms with van der Waals surface area (Å²) in [6.45, 7) is 7.74. The van der Waals surface area contributed by atoms with Gasteiger partial charge in [-0.2, -0.15) is 0 Å². The largest absolute Gasteiger partial charge is 0.484 e. The van der Waals surface area contributed by atoms with Crippen molar-refractivity contribution < 1.29 is 14.3 Å². The van der Waals surface area contributed by atoms with E-state index >= 15 is 0 Å². The Labute approximate surface area is 198 Å². The van der Waals surface area contributed by atoms with Crippen LogP contribution in [0.3, 0.4) is 0 Å². The first-order valence-electron chi connectivity index (χ1n) is 10.0. The Morgan fingerprint density at radius 1 is 1.10 bits per heavy atom. The van der Waals surface area contributed by atoms with E-state index < -0.39 is 6.04 Å². The number of nitrogens with one attached hydrogen (secondary N) is 1. The molecule has 0 fully saturated rings. The van der Waals surface area contributed by atoms with Crippen molar-refractivity contribution >= 4 is 46.6 Å². The lowest BCUT2D eigenvalue weighted by molar-refractivity contribution is -0.142. The summed E-state index contributed by atoms with van der Waals surface area (Å²) in [7, 11) is 0. The van der Waals surface area contributed by atoms with Crippen LogP contribution in [0.2, 0.25) is 15.1 Å². The van der Waals surface area contributed by atoms with Gasteiger partial charge in [-0.1, -0.05) is 47.8 Å². The van der Waals surface area contributed by atoms with Crippen LogP contribution in [0.15, 0.2) is 30.3 Å². The van der Waals surface area contributed by atoms with Gasteiger partial charge in [0.05, 0.1) is 0 Å². The number of rotatable bonds is 9. The Hall–Kier alpha value is -1.95. The lowest BCUT2D eigenvalue weighted by Crippen LogP contribution is -2.49. The molecule has 1 atom stereocenters. The predicted molar refractivity (Wildman–Crippen MR) is 126 cm³/mol. The maximum Gasteiger partial charge on any atom is 0.261 e. The van der Waals surface area contributed by atoms with Gasteiger partial charge in [0.2, 0.25) is 5.91 Å². The standard InChI is InChI=1S/C23H27Cl3N2O3/c1-5-9-27-23(30)16(4)28(12-18-19(24)7-6-8-20(18)25)21(29)13-31-17-10-14(2)22(26)15(3)11-17/h6-8,10-11,16H,5,9,12-13H2,1-4H3,(H,27,30). The van der Waals surface area contributed by atoms with Crippen molar-refractivity contribution in [3.63, 3.8) is 0 Å².